The van der Waals surface area contributed by atoms with Crippen molar-refractivity contribution >= 4 is 22.3 Å². The SMILES string of the molecule is Cn1c(=O)c2c(ncn2Cn2cnc3c2c(=O)n(C)c(=O)n3C)n(C)c1=O. The van der Waals surface area contributed by atoms with Crippen LogP contribution in [0.25, 0.3) is 22.3 Å². The van der Waals surface area contributed by atoms with Crippen LogP contribution in [0.2, 0.25) is 0 Å². The molecule has 4 heterocycles. The zero-order valence-corrected chi connectivity index (χ0v) is 15.1. The van der Waals surface area contributed by atoms with Crippen LogP contribution < -0.4 is 22.5 Å². The van der Waals surface area contributed by atoms with Gasteiger partial charge in [-0.2, -0.15) is 0 Å². The molecular weight excluding hydrogens is 356 g/mol. The lowest BCUT2D eigenvalue weighted by Gasteiger charge is -2.09. The van der Waals surface area contributed by atoms with Crippen molar-refractivity contribution < 1.29 is 0 Å². The van der Waals surface area contributed by atoms with E-state index in [1.807, 2.05) is 0 Å². The summed E-state index contributed by atoms with van der Waals surface area (Å²) in [6, 6.07) is 0. The molecule has 27 heavy (non-hydrogen) atoms. The Balaban J connectivity index is 2.00. The first-order valence-electron chi connectivity index (χ1n) is 7.95. The van der Waals surface area contributed by atoms with Gasteiger partial charge in [0.15, 0.2) is 22.3 Å². The summed E-state index contributed by atoms with van der Waals surface area (Å²) in [5.74, 6) is 0. The van der Waals surface area contributed by atoms with Crippen LogP contribution in [0.4, 0.5) is 0 Å². The van der Waals surface area contributed by atoms with E-state index < -0.39 is 22.5 Å². The second-order valence-corrected chi connectivity index (χ2v) is 6.33. The number of aromatic nitrogens is 8. The standard InChI is InChI=1S/C15H16N8O4/c1-18-10-8(12(24)20(3)14(18)26)22(5-16-10)7-23-6-17-11-9(23)13(25)21(4)15(27)19(11)2/h5-6H,7H2,1-4H3. The largest absolute Gasteiger partial charge is 0.332 e. The van der Waals surface area contributed by atoms with Crippen molar-refractivity contribution in [3.05, 3.63) is 54.3 Å². The topological polar surface area (TPSA) is 124 Å². The lowest BCUT2D eigenvalue weighted by Crippen LogP contribution is -2.38. The van der Waals surface area contributed by atoms with E-state index in [-0.39, 0.29) is 29.0 Å². The zero-order valence-electron chi connectivity index (χ0n) is 15.1. The molecule has 4 rings (SSSR count). The maximum Gasteiger partial charge on any atom is 0.332 e. The summed E-state index contributed by atoms with van der Waals surface area (Å²) in [6.07, 6.45) is 2.84. The lowest BCUT2D eigenvalue weighted by molar-refractivity contribution is 0.623. The van der Waals surface area contributed by atoms with E-state index in [9.17, 15) is 19.2 Å². The molecule has 0 bridgehead atoms. The van der Waals surface area contributed by atoms with E-state index in [2.05, 4.69) is 9.97 Å². The van der Waals surface area contributed by atoms with Crippen LogP contribution in [-0.2, 0) is 34.9 Å². The number of nitrogens with zero attached hydrogens (tertiary/aromatic N) is 8. The third kappa shape index (κ3) is 2.09. The second-order valence-electron chi connectivity index (χ2n) is 6.33. The molecule has 0 aromatic carbocycles. The summed E-state index contributed by atoms with van der Waals surface area (Å²) < 4.78 is 7.61. The molecule has 0 aliphatic carbocycles. The third-order valence-electron chi connectivity index (χ3n) is 4.74. The van der Waals surface area contributed by atoms with E-state index in [4.69, 9.17) is 0 Å². The van der Waals surface area contributed by atoms with Crippen molar-refractivity contribution in [2.45, 2.75) is 6.67 Å². The van der Waals surface area contributed by atoms with E-state index in [1.54, 1.807) is 0 Å². The summed E-state index contributed by atoms with van der Waals surface area (Å²) in [7, 11) is 5.83. The summed E-state index contributed by atoms with van der Waals surface area (Å²) in [5, 5.41) is 0. The van der Waals surface area contributed by atoms with Gasteiger partial charge in [-0.3, -0.25) is 27.9 Å². The number of hydrogen-bond donors (Lipinski definition) is 0. The number of fused-ring (bicyclic) bond motifs is 2. The lowest BCUT2D eigenvalue weighted by atomic mass is 10.5. The Morgan fingerprint density at radius 1 is 0.667 bits per heavy atom. The number of aryl methyl sites for hydroxylation is 2. The molecule has 0 N–H and O–H groups in total. The monoisotopic (exact) mass is 372 g/mol. The first kappa shape index (κ1) is 16.8. The smallest absolute Gasteiger partial charge is 0.306 e. The third-order valence-corrected chi connectivity index (χ3v) is 4.74. The van der Waals surface area contributed by atoms with Gasteiger partial charge in [-0.25, -0.2) is 19.6 Å². The fourth-order valence-electron chi connectivity index (χ4n) is 3.17. The van der Waals surface area contributed by atoms with Crippen LogP contribution in [0.5, 0.6) is 0 Å². The van der Waals surface area contributed by atoms with Crippen LogP contribution >= 0.6 is 0 Å². The summed E-state index contributed by atoms with van der Waals surface area (Å²) in [4.78, 5) is 57.5. The molecule has 0 atom stereocenters. The molecule has 0 saturated carbocycles. The van der Waals surface area contributed by atoms with Gasteiger partial charge in [0, 0.05) is 28.2 Å². The van der Waals surface area contributed by atoms with Crippen molar-refractivity contribution in [1.82, 2.24) is 37.4 Å². The van der Waals surface area contributed by atoms with Gasteiger partial charge in [0.1, 0.15) is 6.67 Å². The Bertz CT molecular complexity index is 1360. The van der Waals surface area contributed by atoms with Crippen molar-refractivity contribution in [3.8, 4) is 0 Å². The van der Waals surface area contributed by atoms with Crippen LogP contribution in [-0.4, -0.2) is 37.4 Å². The molecule has 140 valence electrons. The molecule has 0 saturated heterocycles. The van der Waals surface area contributed by atoms with Gasteiger partial charge in [0.25, 0.3) is 11.1 Å². The molecular formula is C15H16N8O4. The van der Waals surface area contributed by atoms with Crippen molar-refractivity contribution in [1.29, 1.82) is 0 Å². The van der Waals surface area contributed by atoms with Crippen molar-refractivity contribution in [2.75, 3.05) is 0 Å². The second kappa shape index (κ2) is 5.40. The van der Waals surface area contributed by atoms with Gasteiger partial charge in [-0.1, -0.05) is 0 Å². The normalized spacial score (nSPS) is 11.7. The molecule has 0 spiro atoms. The maximum absolute atomic E-state index is 12.5. The highest BCUT2D eigenvalue weighted by molar-refractivity contribution is 5.71. The highest BCUT2D eigenvalue weighted by Gasteiger charge is 2.17. The Kier molecular flexibility index (Phi) is 3.35. The average molecular weight is 372 g/mol. The molecule has 0 unspecified atom stereocenters. The Morgan fingerprint density at radius 2 is 1.04 bits per heavy atom. The Morgan fingerprint density at radius 3 is 1.41 bits per heavy atom. The summed E-state index contributed by atoms with van der Waals surface area (Å²) in [5.41, 5.74) is -0.998. The minimum atomic E-state index is -0.490. The van der Waals surface area contributed by atoms with Crippen molar-refractivity contribution in [2.24, 2.45) is 28.2 Å². The van der Waals surface area contributed by atoms with Gasteiger partial charge in [-0.15, -0.1) is 0 Å². The fourth-order valence-corrected chi connectivity index (χ4v) is 3.17. The van der Waals surface area contributed by atoms with Crippen LogP contribution in [0.15, 0.2) is 31.8 Å². The highest BCUT2D eigenvalue weighted by Crippen LogP contribution is 2.10. The molecule has 0 fully saturated rings. The van der Waals surface area contributed by atoms with Gasteiger partial charge in [0.05, 0.1) is 12.7 Å². The van der Waals surface area contributed by atoms with Crippen LogP contribution in [0.3, 0.4) is 0 Å². The minimum Gasteiger partial charge on any atom is -0.306 e. The molecule has 4 aromatic heterocycles. The molecule has 0 radical (unpaired) electrons. The highest BCUT2D eigenvalue weighted by atomic mass is 16.2. The molecule has 0 aliphatic rings. The molecule has 0 aliphatic heterocycles. The molecule has 4 aromatic rings. The number of hydrogen-bond acceptors (Lipinski definition) is 6. The first-order chi connectivity index (χ1) is 12.7. The first-order valence-corrected chi connectivity index (χ1v) is 7.95. The minimum absolute atomic E-state index is 0.0634. The van der Waals surface area contributed by atoms with E-state index >= 15 is 0 Å². The maximum atomic E-state index is 12.5. The van der Waals surface area contributed by atoms with Gasteiger partial charge < -0.3 is 9.13 Å². The average Bonchev–Trinajstić information content (AvgIpc) is 3.26. The molecule has 0 amide bonds. The predicted octanol–water partition coefficient (Wildman–Crippen LogP) is -2.31. The van der Waals surface area contributed by atoms with Gasteiger partial charge in [-0.05, 0) is 0 Å². The quantitative estimate of drug-likeness (QED) is 0.389. The molecule has 12 nitrogen and oxygen atoms in total. The van der Waals surface area contributed by atoms with Gasteiger partial charge in [0.2, 0.25) is 0 Å². The fraction of sp³-hybridized carbons (Fsp3) is 0.333. The predicted molar refractivity (Wildman–Crippen MR) is 95.8 cm³/mol. The Labute approximate surface area is 149 Å². The molecule has 12 heteroatoms. The number of rotatable bonds is 2. The van der Waals surface area contributed by atoms with E-state index in [1.165, 1.54) is 59.1 Å². The van der Waals surface area contributed by atoms with E-state index in [0.29, 0.717) is 0 Å². The van der Waals surface area contributed by atoms with Crippen LogP contribution in [0.1, 0.15) is 0 Å². The van der Waals surface area contributed by atoms with E-state index in [0.717, 1.165) is 9.13 Å². The zero-order chi connectivity index (χ0) is 19.6. The van der Waals surface area contributed by atoms with Crippen LogP contribution in [0, 0.1) is 0 Å². The van der Waals surface area contributed by atoms with Crippen molar-refractivity contribution in [3.63, 3.8) is 0 Å². The Hall–Kier alpha value is -3.70. The summed E-state index contributed by atoms with van der Waals surface area (Å²) >= 11 is 0. The summed E-state index contributed by atoms with van der Waals surface area (Å²) in [6.45, 7) is 0.0634. The van der Waals surface area contributed by atoms with Gasteiger partial charge >= 0.3 is 11.4 Å². The number of imidazole rings is 2.